The average Bonchev–Trinajstić information content (AvgIpc) is 3.36. The van der Waals surface area contributed by atoms with E-state index in [1.807, 2.05) is 33.0 Å². The number of hydrogen-bond acceptors (Lipinski definition) is 6. The number of nitrogens with one attached hydrogen (secondary N) is 3. The zero-order valence-electron chi connectivity index (χ0n) is 21.3. The lowest BCUT2D eigenvalue weighted by molar-refractivity contribution is -0.121. The van der Waals surface area contributed by atoms with Crippen LogP contribution < -0.4 is 20.6 Å². The van der Waals surface area contributed by atoms with Gasteiger partial charge in [-0.25, -0.2) is 9.89 Å². The van der Waals surface area contributed by atoms with E-state index in [9.17, 15) is 9.59 Å². The van der Waals surface area contributed by atoms with Crippen molar-refractivity contribution >= 4 is 11.6 Å². The van der Waals surface area contributed by atoms with Crippen LogP contribution in [0.4, 0.5) is 5.69 Å². The standard InChI is InChI=1S/C27H34N6O3/c1-27(2)19-13-18(22(36-4)14-21(19)32(3)25(27)34)15-28-20-11-8-12-33(16-23-29-26(35)31-30-23)24(20)17-9-6-5-7-10-17/h5-7,9-10,13-14,20,24,28H,8,11-12,15-16H2,1-4H3,(H2,29,30,31,35). The van der Waals surface area contributed by atoms with Crippen LogP contribution in [0.25, 0.3) is 0 Å². The molecule has 1 fully saturated rings. The van der Waals surface area contributed by atoms with Crippen LogP contribution >= 0.6 is 0 Å². The molecule has 1 saturated heterocycles. The maximum Gasteiger partial charge on any atom is 0.340 e. The molecule has 36 heavy (non-hydrogen) atoms. The van der Waals surface area contributed by atoms with Crippen molar-refractivity contribution in [2.45, 2.75) is 57.3 Å². The van der Waals surface area contributed by atoms with E-state index in [0.717, 1.165) is 42.0 Å². The first kappa shape index (κ1) is 24.3. The van der Waals surface area contributed by atoms with Gasteiger partial charge in [-0.15, -0.1) is 0 Å². The van der Waals surface area contributed by atoms with Gasteiger partial charge in [0.2, 0.25) is 5.91 Å². The van der Waals surface area contributed by atoms with Crippen LogP contribution in [0.2, 0.25) is 0 Å². The van der Waals surface area contributed by atoms with Crippen LogP contribution in [0.3, 0.4) is 0 Å². The number of H-pyrrole nitrogens is 2. The first-order chi connectivity index (χ1) is 17.3. The number of anilines is 1. The maximum absolute atomic E-state index is 12.8. The highest BCUT2D eigenvalue weighted by Gasteiger charge is 2.43. The largest absolute Gasteiger partial charge is 0.496 e. The van der Waals surface area contributed by atoms with Gasteiger partial charge in [-0.2, -0.15) is 5.10 Å². The normalized spacial score (nSPS) is 21.6. The van der Waals surface area contributed by atoms with Gasteiger partial charge in [0, 0.05) is 31.3 Å². The number of carbonyl (C=O) groups excluding carboxylic acids is 1. The first-order valence-electron chi connectivity index (χ1n) is 12.4. The highest BCUT2D eigenvalue weighted by Crippen LogP contribution is 2.44. The lowest BCUT2D eigenvalue weighted by Crippen LogP contribution is -2.47. The molecule has 0 saturated carbocycles. The van der Waals surface area contributed by atoms with Crippen molar-refractivity contribution in [3.63, 3.8) is 0 Å². The zero-order chi connectivity index (χ0) is 25.4. The number of nitrogens with zero attached hydrogens (tertiary/aromatic N) is 3. The molecule has 1 amide bonds. The third-order valence-electron chi connectivity index (χ3n) is 7.61. The van der Waals surface area contributed by atoms with E-state index in [-0.39, 0.29) is 23.7 Å². The van der Waals surface area contributed by atoms with Crippen molar-refractivity contribution in [2.75, 3.05) is 25.6 Å². The number of amides is 1. The average molecular weight is 491 g/mol. The van der Waals surface area contributed by atoms with E-state index < -0.39 is 5.41 Å². The lowest BCUT2D eigenvalue weighted by Gasteiger charge is -2.42. The minimum Gasteiger partial charge on any atom is -0.496 e. The van der Waals surface area contributed by atoms with Crippen LogP contribution in [-0.2, 0) is 23.3 Å². The van der Waals surface area contributed by atoms with Gasteiger partial charge < -0.3 is 15.0 Å². The van der Waals surface area contributed by atoms with Gasteiger partial charge in [0.05, 0.1) is 30.8 Å². The SMILES string of the molecule is COc1cc2c(cc1CNC1CCCN(Cc3n[nH]c(=O)[nH]3)C1c1ccccc1)C(C)(C)C(=O)N2C. The Labute approximate surface area is 210 Å². The summed E-state index contributed by atoms with van der Waals surface area (Å²) in [6.07, 6.45) is 2.05. The molecule has 0 radical (unpaired) electrons. The highest BCUT2D eigenvalue weighted by atomic mass is 16.5. The molecular formula is C27H34N6O3. The third kappa shape index (κ3) is 4.33. The summed E-state index contributed by atoms with van der Waals surface area (Å²) in [5.74, 6) is 1.50. The predicted molar refractivity (Wildman–Crippen MR) is 138 cm³/mol. The fourth-order valence-corrected chi connectivity index (χ4v) is 5.73. The Kier molecular flexibility index (Phi) is 6.44. The van der Waals surface area contributed by atoms with Crippen molar-refractivity contribution in [2.24, 2.45) is 0 Å². The maximum atomic E-state index is 12.8. The number of ether oxygens (including phenoxy) is 1. The number of likely N-dealkylation sites (N-methyl/N-ethyl adjacent to an activating group) is 1. The quantitative estimate of drug-likeness (QED) is 0.470. The number of hydrogen-bond donors (Lipinski definition) is 3. The predicted octanol–water partition coefficient (Wildman–Crippen LogP) is 2.86. The third-order valence-corrected chi connectivity index (χ3v) is 7.61. The summed E-state index contributed by atoms with van der Waals surface area (Å²) in [4.78, 5) is 31.3. The number of benzene rings is 2. The number of piperidine rings is 1. The van der Waals surface area contributed by atoms with E-state index in [4.69, 9.17) is 4.74 Å². The summed E-state index contributed by atoms with van der Waals surface area (Å²) in [5, 5.41) is 10.4. The van der Waals surface area contributed by atoms with E-state index >= 15 is 0 Å². The second kappa shape index (κ2) is 9.55. The summed E-state index contributed by atoms with van der Waals surface area (Å²) >= 11 is 0. The summed E-state index contributed by atoms with van der Waals surface area (Å²) in [6.45, 7) is 6.04. The Hall–Kier alpha value is -3.43. The molecule has 2 atom stereocenters. The monoisotopic (exact) mass is 490 g/mol. The fourth-order valence-electron chi connectivity index (χ4n) is 5.73. The summed E-state index contributed by atoms with van der Waals surface area (Å²) in [6, 6.07) is 14.9. The molecule has 2 unspecified atom stereocenters. The Balaban J connectivity index is 1.42. The molecule has 3 N–H and O–H groups in total. The first-order valence-corrected chi connectivity index (χ1v) is 12.4. The molecular weight excluding hydrogens is 456 g/mol. The number of fused-ring (bicyclic) bond motifs is 1. The smallest absolute Gasteiger partial charge is 0.340 e. The fraction of sp³-hybridized carbons (Fsp3) is 0.444. The van der Waals surface area contributed by atoms with E-state index in [1.54, 1.807) is 12.0 Å². The number of likely N-dealkylation sites (tertiary alicyclic amines) is 1. The number of methoxy groups -OCH3 is 1. The van der Waals surface area contributed by atoms with Crippen molar-refractivity contribution in [3.05, 3.63) is 75.5 Å². The van der Waals surface area contributed by atoms with Crippen molar-refractivity contribution < 1.29 is 9.53 Å². The van der Waals surface area contributed by atoms with Gasteiger partial charge in [-0.1, -0.05) is 30.3 Å². The Morgan fingerprint density at radius 1 is 1.19 bits per heavy atom. The van der Waals surface area contributed by atoms with Crippen LogP contribution in [-0.4, -0.2) is 52.7 Å². The van der Waals surface area contributed by atoms with Gasteiger partial charge in [-0.3, -0.25) is 14.7 Å². The molecule has 3 aromatic rings. The molecule has 0 spiro atoms. The molecule has 0 bridgehead atoms. The van der Waals surface area contributed by atoms with E-state index in [2.05, 4.69) is 55.7 Å². The molecule has 3 heterocycles. The molecule has 9 nitrogen and oxygen atoms in total. The molecule has 190 valence electrons. The van der Waals surface area contributed by atoms with Crippen molar-refractivity contribution in [1.29, 1.82) is 0 Å². The van der Waals surface area contributed by atoms with E-state index in [1.165, 1.54) is 5.56 Å². The summed E-state index contributed by atoms with van der Waals surface area (Å²) < 4.78 is 5.74. The molecule has 5 rings (SSSR count). The highest BCUT2D eigenvalue weighted by molar-refractivity contribution is 6.07. The van der Waals surface area contributed by atoms with Gasteiger partial charge in [0.1, 0.15) is 11.6 Å². The molecule has 9 heteroatoms. The number of carbonyl (C=O) groups is 1. The van der Waals surface area contributed by atoms with Crippen LogP contribution in [0, 0.1) is 0 Å². The zero-order valence-corrected chi connectivity index (χ0v) is 21.3. The van der Waals surface area contributed by atoms with Gasteiger partial charge in [0.25, 0.3) is 0 Å². The van der Waals surface area contributed by atoms with Gasteiger partial charge in [0.15, 0.2) is 0 Å². The molecule has 2 aromatic carbocycles. The van der Waals surface area contributed by atoms with Crippen LogP contribution in [0.5, 0.6) is 5.75 Å². The second-order valence-corrected chi connectivity index (χ2v) is 10.3. The lowest BCUT2D eigenvalue weighted by atomic mass is 9.85. The Bertz CT molecular complexity index is 1300. The van der Waals surface area contributed by atoms with E-state index in [0.29, 0.717) is 18.9 Å². The number of rotatable bonds is 7. The van der Waals surface area contributed by atoms with Crippen molar-refractivity contribution in [3.8, 4) is 5.75 Å². The minimum atomic E-state index is -0.570. The number of aromatic amines is 2. The minimum absolute atomic E-state index is 0.0909. The summed E-state index contributed by atoms with van der Waals surface area (Å²) in [5.41, 5.74) is 3.34. The van der Waals surface area contributed by atoms with Gasteiger partial charge in [-0.05, 0) is 50.4 Å². The Morgan fingerprint density at radius 3 is 2.67 bits per heavy atom. The van der Waals surface area contributed by atoms with Crippen molar-refractivity contribution in [1.82, 2.24) is 25.4 Å². The van der Waals surface area contributed by atoms with Crippen LogP contribution in [0.1, 0.15) is 55.2 Å². The molecule has 2 aliphatic heterocycles. The Morgan fingerprint density at radius 2 is 1.97 bits per heavy atom. The second-order valence-electron chi connectivity index (χ2n) is 10.3. The van der Waals surface area contributed by atoms with Crippen LogP contribution in [0.15, 0.2) is 47.3 Å². The molecule has 0 aliphatic carbocycles. The summed E-state index contributed by atoms with van der Waals surface area (Å²) in [7, 11) is 3.49. The molecule has 2 aliphatic rings. The topological polar surface area (TPSA) is 106 Å². The molecule has 1 aromatic heterocycles. The number of aromatic nitrogens is 3. The van der Waals surface area contributed by atoms with Gasteiger partial charge >= 0.3 is 5.69 Å².